The molecule has 0 heterocycles. The van der Waals surface area contributed by atoms with Crippen molar-refractivity contribution in [3.05, 3.63) is 28.8 Å². The predicted molar refractivity (Wildman–Crippen MR) is 119 cm³/mol. The van der Waals surface area contributed by atoms with Crippen molar-refractivity contribution in [1.82, 2.24) is 0 Å². The van der Waals surface area contributed by atoms with Crippen LogP contribution in [0.15, 0.2) is 18.2 Å². The Hall–Kier alpha value is -0.513. The second-order valence-corrected chi connectivity index (χ2v) is 14.2. The minimum Gasteiger partial charge on any atom is -0.496 e. The molecular formula is C23H39ClO2Si. The second kappa shape index (κ2) is 9.80. The Kier molecular flexibility index (Phi) is 8.27. The molecule has 154 valence electrons. The van der Waals surface area contributed by atoms with Gasteiger partial charge in [-0.2, -0.15) is 0 Å². The van der Waals surface area contributed by atoms with Crippen LogP contribution in [0, 0.1) is 11.3 Å². The van der Waals surface area contributed by atoms with Gasteiger partial charge in [0.05, 0.1) is 18.2 Å². The van der Waals surface area contributed by atoms with Crippen LogP contribution in [0.25, 0.3) is 0 Å². The van der Waals surface area contributed by atoms with Gasteiger partial charge in [0.25, 0.3) is 0 Å². The van der Waals surface area contributed by atoms with Gasteiger partial charge in [-0.25, -0.2) is 0 Å². The van der Waals surface area contributed by atoms with E-state index in [0.717, 1.165) is 46.8 Å². The molecule has 4 heteroatoms. The number of ether oxygens (including phenoxy) is 1. The Labute approximate surface area is 173 Å². The number of hydrogen-bond donors (Lipinski definition) is 0. The van der Waals surface area contributed by atoms with Crippen molar-refractivity contribution in [2.45, 2.75) is 91.0 Å². The predicted octanol–water partition coefficient (Wildman–Crippen LogP) is 8.02. The Morgan fingerprint density at radius 2 is 1.78 bits per heavy atom. The van der Waals surface area contributed by atoms with Gasteiger partial charge in [-0.15, -0.1) is 0 Å². The Morgan fingerprint density at radius 1 is 1.15 bits per heavy atom. The van der Waals surface area contributed by atoms with Crippen molar-refractivity contribution >= 4 is 19.9 Å². The lowest BCUT2D eigenvalue weighted by Gasteiger charge is -2.43. The molecule has 1 saturated carbocycles. The molecule has 27 heavy (non-hydrogen) atoms. The molecule has 1 aliphatic rings. The Bertz CT molecular complexity index is 582. The number of benzene rings is 1. The smallest absolute Gasteiger partial charge is 0.192 e. The molecule has 0 amide bonds. The third kappa shape index (κ3) is 5.74. The lowest BCUT2D eigenvalue weighted by molar-refractivity contribution is 0.0826. The van der Waals surface area contributed by atoms with E-state index in [0.29, 0.717) is 5.41 Å². The fourth-order valence-corrected chi connectivity index (χ4v) is 8.00. The first-order valence-electron chi connectivity index (χ1n) is 10.8. The summed E-state index contributed by atoms with van der Waals surface area (Å²) in [4.78, 5) is 0. The summed E-state index contributed by atoms with van der Waals surface area (Å²) in [6.45, 7) is 11.6. The van der Waals surface area contributed by atoms with Crippen molar-refractivity contribution in [3.8, 4) is 5.75 Å². The third-order valence-electron chi connectivity index (χ3n) is 6.64. The highest BCUT2D eigenvalue weighted by Gasteiger charge is 2.37. The van der Waals surface area contributed by atoms with E-state index in [4.69, 9.17) is 20.8 Å². The van der Waals surface area contributed by atoms with E-state index >= 15 is 0 Å². The summed E-state index contributed by atoms with van der Waals surface area (Å²) in [5.74, 6) is 1.75. The average molecular weight is 411 g/mol. The molecule has 0 aliphatic heterocycles. The summed E-state index contributed by atoms with van der Waals surface area (Å²) in [7, 11) is -0.00163. The SMILES string of the molecule is CC[Si](CC)(CC)OC(CCCC1CC(C)(C)C1)c1c(Cl)cccc1OC. The number of halogens is 1. The van der Waals surface area contributed by atoms with Crippen molar-refractivity contribution in [2.24, 2.45) is 11.3 Å². The molecule has 0 aromatic heterocycles. The van der Waals surface area contributed by atoms with E-state index in [1.54, 1.807) is 7.11 Å². The molecule has 0 radical (unpaired) electrons. The first kappa shape index (κ1) is 22.8. The summed E-state index contributed by atoms with van der Waals surface area (Å²) in [6, 6.07) is 9.40. The molecule has 1 atom stereocenters. The Morgan fingerprint density at radius 3 is 2.30 bits per heavy atom. The van der Waals surface area contributed by atoms with E-state index in [1.165, 1.54) is 25.7 Å². The summed E-state index contributed by atoms with van der Waals surface area (Å²) in [6.07, 6.45) is 6.31. The average Bonchev–Trinajstić information content (AvgIpc) is 2.63. The maximum Gasteiger partial charge on any atom is 0.192 e. The topological polar surface area (TPSA) is 18.5 Å². The van der Waals surface area contributed by atoms with Crippen molar-refractivity contribution in [1.29, 1.82) is 0 Å². The van der Waals surface area contributed by atoms with Crippen LogP contribution in [0.3, 0.4) is 0 Å². The highest BCUT2D eigenvalue weighted by molar-refractivity contribution is 6.73. The molecule has 1 fully saturated rings. The first-order valence-corrected chi connectivity index (χ1v) is 13.7. The molecule has 2 nitrogen and oxygen atoms in total. The molecule has 1 aliphatic carbocycles. The lowest BCUT2D eigenvalue weighted by atomic mass is 9.63. The van der Waals surface area contributed by atoms with E-state index < -0.39 is 8.32 Å². The van der Waals surface area contributed by atoms with Gasteiger partial charge in [-0.1, -0.05) is 65.1 Å². The largest absolute Gasteiger partial charge is 0.496 e. The minimum atomic E-state index is -1.73. The zero-order chi connectivity index (χ0) is 20.1. The van der Waals surface area contributed by atoms with Crippen molar-refractivity contribution < 1.29 is 9.16 Å². The van der Waals surface area contributed by atoms with Gasteiger partial charge in [0.2, 0.25) is 0 Å². The maximum atomic E-state index is 6.94. The monoisotopic (exact) mass is 410 g/mol. The van der Waals surface area contributed by atoms with Crippen molar-refractivity contribution in [2.75, 3.05) is 7.11 Å². The van der Waals surface area contributed by atoms with Crippen LogP contribution in [-0.4, -0.2) is 15.4 Å². The van der Waals surface area contributed by atoms with Gasteiger partial charge in [0.15, 0.2) is 8.32 Å². The molecule has 2 rings (SSSR count). The molecule has 0 N–H and O–H groups in total. The van der Waals surface area contributed by atoms with Crippen LogP contribution in [0.4, 0.5) is 0 Å². The van der Waals surface area contributed by atoms with Gasteiger partial charge in [0, 0.05) is 5.56 Å². The van der Waals surface area contributed by atoms with Crippen LogP contribution in [0.5, 0.6) is 5.75 Å². The summed E-state index contributed by atoms with van der Waals surface area (Å²) in [5.41, 5.74) is 1.61. The van der Waals surface area contributed by atoms with Gasteiger partial charge in [-0.05, 0) is 60.9 Å². The van der Waals surface area contributed by atoms with E-state index in [9.17, 15) is 0 Å². The van der Waals surface area contributed by atoms with E-state index in [2.05, 4.69) is 34.6 Å². The van der Waals surface area contributed by atoms with Gasteiger partial charge < -0.3 is 9.16 Å². The van der Waals surface area contributed by atoms with Crippen LogP contribution in [0.1, 0.15) is 78.4 Å². The van der Waals surface area contributed by atoms with Crippen LogP contribution < -0.4 is 4.74 Å². The maximum absolute atomic E-state index is 6.94. The molecule has 0 saturated heterocycles. The van der Waals surface area contributed by atoms with Gasteiger partial charge in [-0.3, -0.25) is 0 Å². The zero-order valence-corrected chi connectivity index (χ0v) is 20.0. The van der Waals surface area contributed by atoms with E-state index in [1.807, 2.05) is 18.2 Å². The van der Waals surface area contributed by atoms with Gasteiger partial charge in [0.1, 0.15) is 5.75 Å². The highest BCUT2D eigenvalue weighted by atomic mass is 35.5. The quantitative estimate of drug-likeness (QED) is 0.344. The number of rotatable bonds is 11. The molecular weight excluding hydrogens is 372 g/mol. The fraction of sp³-hybridized carbons (Fsp3) is 0.739. The minimum absolute atomic E-state index is 0.0493. The number of hydrogen-bond acceptors (Lipinski definition) is 2. The van der Waals surface area contributed by atoms with Gasteiger partial charge >= 0.3 is 0 Å². The fourth-order valence-electron chi connectivity index (χ4n) is 4.87. The zero-order valence-electron chi connectivity index (χ0n) is 18.2. The highest BCUT2D eigenvalue weighted by Crippen LogP contribution is 2.48. The summed E-state index contributed by atoms with van der Waals surface area (Å²) in [5, 5.41) is 0.773. The van der Waals surface area contributed by atoms with Crippen LogP contribution in [0.2, 0.25) is 23.2 Å². The number of methoxy groups -OCH3 is 1. The first-order chi connectivity index (χ1) is 12.8. The molecule has 0 bridgehead atoms. The lowest BCUT2D eigenvalue weighted by Crippen LogP contribution is -2.37. The normalized spacial score (nSPS) is 18.2. The van der Waals surface area contributed by atoms with E-state index in [-0.39, 0.29) is 6.10 Å². The Balaban J connectivity index is 2.16. The third-order valence-corrected chi connectivity index (χ3v) is 11.6. The van der Waals surface area contributed by atoms with Crippen molar-refractivity contribution in [3.63, 3.8) is 0 Å². The molecule has 1 aromatic rings. The standard InChI is InChI=1S/C23H39ClO2Si/c1-7-27(8-2,9-3)26-21(15-10-12-18-16-23(4,5)17-18)22-19(24)13-11-14-20(22)25-6/h11,13-14,18,21H,7-10,12,15-17H2,1-6H3. The second-order valence-electron chi connectivity index (χ2n) is 9.08. The molecule has 1 unspecified atom stereocenters. The molecule has 1 aromatic carbocycles. The summed E-state index contributed by atoms with van der Waals surface area (Å²) >= 11 is 6.63. The molecule has 0 spiro atoms. The summed E-state index contributed by atoms with van der Waals surface area (Å²) < 4.78 is 12.6. The van der Waals surface area contributed by atoms with Crippen LogP contribution >= 0.6 is 11.6 Å². The van der Waals surface area contributed by atoms with Crippen LogP contribution in [-0.2, 0) is 4.43 Å².